The number of aromatic nitrogens is 2. The van der Waals surface area contributed by atoms with Crippen LogP contribution in [0.3, 0.4) is 0 Å². The molecule has 12 nitrogen and oxygen atoms in total. The van der Waals surface area contributed by atoms with E-state index in [1.165, 1.54) is 0 Å². The fourth-order valence-electron chi connectivity index (χ4n) is 6.21. The van der Waals surface area contributed by atoms with Crippen molar-refractivity contribution in [2.75, 3.05) is 60.3 Å². The van der Waals surface area contributed by atoms with Gasteiger partial charge in [-0.3, -0.25) is 9.59 Å². The minimum Gasteiger partial charge on any atom is -0.496 e. The van der Waals surface area contributed by atoms with Gasteiger partial charge in [0.05, 0.1) is 49.6 Å². The molecule has 1 aromatic carbocycles. The lowest BCUT2D eigenvalue weighted by Crippen LogP contribution is -2.60. The van der Waals surface area contributed by atoms with Crippen LogP contribution in [-0.4, -0.2) is 92.7 Å². The normalized spacial score (nSPS) is 17.8. The molecule has 0 radical (unpaired) electrons. The highest BCUT2D eigenvalue weighted by Crippen LogP contribution is 2.47. The molecule has 4 rings (SSSR count). The average molecular weight is 658 g/mol. The van der Waals surface area contributed by atoms with Crippen molar-refractivity contribution in [3.8, 4) is 22.1 Å². The molecule has 13 heteroatoms. The molecule has 1 saturated heterocycles. The zero-order valence-electron chi connectivity index (χ0n) is 27.7. The zero-order chi connectivity index (χ0) is 33.3. The summed E-state index contributed by atoms with van der Waals surface area (Å²) in [4.78, 5) is 34.9. The third-order valence-electron chi connectivity index (χ3n) is 8.63. The van der Waals surface area contributed by atoms with Crippen LogP contribution in [0.4, 0.5) is 0 Å². The molecule has 2 aromatic heterocycles. The predicted octanol–water partition coefficient (Wildman–Crippen LogP) is 4.14. The lowest BCUT2D eigenvalue weighted by Gasteiger charge is -2.42. The van der Waals surface area contributed by atoms with Gasteiger partial charge in [0.25, 0.3) is 5.88 Å². The van der Waals surface area contributed by atoms with Gasteiger partial charge in [-0.15, -0.1) is 11.3 Å². The minimum atomic E-state index is -1.26. The van der Waals surface area contributed by atoms with E-state index in [9.17, 15) is 9.59 Å². The lowest BCUT2D eigenvalue weighted by molar-refractivity contribution is -0.147. The average Bonchev–Trinajstić information content (AvgIpc) is 3.80. The Kier molecular flexibility index (Phi) is 12.6. The van der Waals surface area contributed by atoms with Crippen LogP contribution < -0.4 is 20.5 Å². The Bertz CT molecular complexity index is 1440. The molecule has 1 fully saturated rings. The number of ether oxygens (including phenoxy) is 4. The standard InChI is InChI=1S/C33H47N5O7S/c1-21(2)29(27-19-28(37-45-27)44-17-16-43-15-14-42-13-11-35-5)31(39)38-12-7-10-33(38,32(34)40)22(3)25-9-8-24(18-26(25)41-6)30-23(4)36-20-46-30/h8-9,18-22,29,35H,7,10-17H2,1-6H3,(H2,34,40)/t22-,29+,33?/m0/s1. The number of carbonyl (C=O) groups is 2. The molecule has 0 saturated carbocycles. The quantitative estimate of drug-likeness (QED) is 0.191. The van der Waals surface area contributed by atoms with E-state index >= 15 is 0 Å². The molecule has 3 heterocycles. The first-order chi connectivity index (χ1) is 22.1. The Morgan fingerprint density at radius 3 is 2.52 bits per heavy atom. The van der Waals surface area contributed by atoms with Crippen molar-refractivity contribution in [2.45, 2.75) is 57.9 Å². The number of nitrogens with zero attached hydrogens (tertiary/aromatic N) is 3. The Balaban J connectivity index is 1.50. The maximum atomic E-state index is 14.4. The number of likely N-dealkylation sites (N-methyl/N-ethyl adjacent to an activating group) is 1. The number of methoxy groups -OCH3 is 1. The second kappa shape index (κ2) is 16.3. The van der Waals surface area contributed by atoms with Crippen molar-refractivity contribution >= 4 is 23.2 Å². The van der Waals surface area contributed by atoms with Gasteiger partial charge in [0.1, 0.15) is 23.8 Å². The van der Waals surface area contributed by atoms with Gasteiger partial charge < -0.3 is 39.4 Å². The predicted molar refractivity (Wildman–Crippen MR) is 175 cm³/mol. The van der Waals surface area contributed by atoms with E-state index in [1.54, 1.807) is 29.4 Å². The van der Waals surface area contributed by atoms with Gasteiger partial charge >= 0.3 is 0 Å². The van der Waals surface area contributed by atoms with Crippen LogP contribution in [-0.2, 0) is 19.1 Å². The van der Waals surface area contributed by atoms with Crippen molar-refractivity contribution in [1.82, 2.24) is 20.4 Å². The molecule has 0 aliphatic carbocycles. The summed E-state index contributed by atoms with van der Waals surface area (Å²) in [5.41, 5.74) is 9.46. The van der Waals surface area contributed by atoms with Gasteiger partial charge in [0.15, 0.2) is 5.76 Å². The number of amides is 2. The Hall–Kier alpha value is -3.52. The summed E-state index contributed by atoms with van der Waals surface area (Å²) >= 11 is 1.56. The van der Waals surface area contributed by atoms with Gasteiger partial charge in [-0.2, -0.15) is 0 Å². The molecule has 1 aliphatic heterocycles. The number of benzene rings is 1. The second-order valence-electron chi connectivity index (χ2n) is 11.8. The highest BCUT2D eigenvalue weighted by Gasteiger charge is 2.54. The van der Waals surface area contributed by atoms with E-state index in [0.29, 0.717) is 57.3 Å². The summed E-state index contributed by atoms with van der Waals surface area (Å²) < 4.78 is 28.2. The van der Waals surface area contributed by atoms with Crippen LogP contribution in [0.25, 0.3) is 10.4 Å². The van der Waals surface area contributed by atoms with Crippen molar-refractivity contribution in [2.24, 2.45) is 11.7 Å². The monoisotopic (exact) mass is 657 g/mol. The lowest BCUT2D eigenvalue weighted by atomic mass is 9.76. The summed E-state index contributed by atoms with van der Waals surface area (Å²) in [5, 5.41) is 7.06. The molecule has 46 heavy (non-hydrogen) atoms. The van der Waals surface area contributed by atoms with Gasteiger partial charge in [0, 0.05) is 25.1 Å². The molecule has 3 N–H and O–H groups in total. The molecular formula is C33H47N5O7S. The van der Waals surface area contributed by atoms with Crippen LogP contribution in [0.15, 0.2) is 34.3 Å². The summed E-state index contributed by atoms with van der Waals surface area (Å²) in [7, 11) is 3.48. The first kappa shape index (κ1) is 35.3. The van der Waals surface area contributed by atoms with Crippen LogP contribution >= 0.6 is 11.3 Å². The van der Waals surface area contributed by atoms with E-state index in [1.807, 2.05) is 58.5 Å². The maximum absolute atomic E-state index is 14.4. The van der Waals surface area contributed by atoms with Crippen LogP contribution in [0.5, 0.6) is 11.6 Å². The van der Waals surface area contributed by atoms with E-state index in [0.717, 1.165) is 28.2 Å². The smallest absolute Gasteiger partial charge is 0.254 e. The van der Waals surface area contributed by atoms with Crippen molar-refractivity contribution in [3.05, 3.63) is 46.8 Å². The van der Waals surface area contributed by atoms with Crippen LogP contribution in [0.1, 0.15) is 62.5 Å². The van der Waals surface area contributed by atoms with E-state index < -0.39 is 23.3 Å². The van der Waals surface area contributed by atoms with Crippen LogP contribution in [0, 0.1) is 12.8 Å². The fourth-order valence-corrected chi connectivity index (χ4v) is 7.01. The number of carbonyl (C=O) groups excluding carboxylic acids is 2. The largest absolute Gasteiger partial charge is 0.496 e. The SMILES string of the molecule is CNCCOCCOCCOc1cc([C@H](C(=O)N2CCCC2(C(N)=O)[C@@H](C)c2ccc(-c3scnc3C)cc2OC)C(C)C)on1. The number of nitrogens with one attached hydrogen (secondary N) is 1. The van der Waals surface area contributed by atoms with Gasteiger partial charge in [0.2, 0.25) is 11.8 Å². The molecular weight excluding hydrogens is 610 g/mol. The number of rotatable bonds is 18. The van der Waals surface area contributed by atoms with Crippen molar-refractivity contribution < 1.29 is 33.1 Å². The molecule has 3 atom stereocenters. The van der Waals surface area contributed by atoms with Gasteiger partial charge in [-0.1, -0.05) is 32.9 Å². The topological polar surface area (TPSA) is 151 Å². The number of hydrogen-bond donors (Lipinski definition) is 2. The molecule has 1 aliphatic rings. The first-order valence-corrected chi connectivity index (χ1v) is 16.6. The molecule has 3 aromatic rings. The highest BCUT2D eigenvalue weighted by molar-refractivity contribution is 7.13. The van der Waals surface area contributed by atoms with Crippen molar-refractivity contribution in [1.29, 1.82) is 0 Å². The molecule has 252 valence electrons. The molecule has 0 spiro atoms. The minimum absolute atomic E-state index is 0.155. The summed E-state index contributed by atoms with van der Waals surface area (Å²) in [5.74, 6) is -0.826. The molecule has 1 unspecified atom stereocenters. The Morgan fingerprint density at radius 1 is 1.13 bits per heavy atom. The summed E-state index contributed by atoms with van der Waals surface area (Å²) in [6, 6.07) is 7.56. The number of nitrogens with two attached hydrogens (primary N) is 1. The zero-order valence-corrected chi connectivity index (χ0v) is 28.5. The third kappa shape index (κ3) is 7.71. The fraction of sp³-hybridized carbons (Fsp3) is 0.576. The second-order valence-corrected chi connectivity index (χ2v) is 12.6. The number of likely N-dealkylation sites (tertiary alicyclic amines) is 1. The van der Waals surface area contributed by atoms with Gasteiger partial charge in [-0.05, 0) is 55.1 Å². The third-order valence-corrected chi connectivity index (χ3v) is 9.61. The maximum Gasteiger partial charge on any atom is 0.254 e. The Morgan fingerprint density at radius 2 is 1.87 bits per heavy atom. The number of primary amides is 1. The van der Waals surface area contributed by atoms with Crippen LogP contribution in [0.2, 0.25) is 0 Å². The highest BCUT2D eigenvalue weighted by atomic mass is 32.1. The summed E-state index contributed by atoms with van der Waals surface area (Å²) in [6.45, 7) is 11.2. The molecule has 0 bridgehead atoms. The Labute approximate surface area is 274 Å². The van der Waals surface area contributed by atoms with E-state index in [4.69, 9.17) is 29.2 Å². The first-order valence-electron chi connectivity index (χ1n) is 15.7. The number of aryl methyl sites for hydroxylation is 1. The molecule has 2 amide bonds. The van der Waals surface area contributed by atoms with E-state index in [-0.39, 0.29) is 24.3 Å². The van der Waals surface area contributed by atoms with E-state index in [2.05, 4.69) is 15.5 Å². The van der Waals surface area contributed by atoms with Crippen molar-refractivity contribution in [3.63, 3.8) is 0 Å². The van der Waals surface area contributed by atoms with Gasteiger partial charge in [-0.25, -0.2) is 4.98 Å². The number of thiazole rings is 1. The number of hydrogen-bond acceptors (Lipinski definition) is 11. The summed E-state index contributed by atoms with van der Waals surface area (Å²) in [6.07, 6.45) is 1.07.